The van der Waals surface area contributed by atoms with Gasteiger partial charge in [-0.05, 0) is 13.0 Å². The van der Waals surface area contributed by atoms with Crippen LogP contribution >= 0.6 is 11.3 Å². The first-order chi connectivity index (χ1) is 9.70. The maximum Gasteiger partial charge on any atom is 0.255 e. The fraction of sp³-hybridized carbons (Fsp3) is 0.308. The fourth-order valence-electron chi connectivity index (χ4n) is 1.68. The number of nitrogens with one attached hydrogen (secondary N) is 2. The summed E-state index contributed by atoms with van der Waals surface area (Å²) < 4.78 is 13.2. The third-order valence-corrected chi connectivity index (χ3v) is 3.23. The van der Waals surface area contributed by atoms with Crippen LogP contribution in [0.4, 0.5) is 10.2 Å². The lowest BCUT2D eigenvalue weighted by Gasteiger charge is -2.09. The first kappa shape index (κ1) is 14.4. The Bertz CT molecular complexity index is 574. The van der Waals surface area contributed by atoms with Crippen molar-refractivity contribution in [3.05, 3.63) is 40.2 Å². The number of rotatable bonds is 6. The van der Waals surface area contributed by atoms with Crippen LogP contribution in [0.15, 0.2) is 23.2 Å². The summed E-state index contributed by atoms with van der Waals surface area (Å²) in [6, 6.07) is 1.18. The number of nitrogens with zero attached hydrogens (tertiary/aromatic N) is 2. The Kier molecular flexibility index (Phi) is 5.00. The van der Waals surface area contributed by atoms with E-state index < -0.39 is 5.82 Å². The molecule has 0 aliphatic carbocycles. The zero-order valence-electron chi connectivity index (χ0n) is 11.0. The Hall–Kier alpha value is -2.02. The smallest absolute Gasteiger partial charge is 0.255 e. The highest BCUT2D eigenvalue weighted by Crippen LogP contribution is 2.13. The van der Waals surface area contributed by atoms with E-state index in [1.54, 1.807) is 5.51 Å². The fourth-order valence-corrected chi connectivity index (χ4v) is 2.27. The Labute approximate surface area is 120 Å². The molecule has 0 spiro atoms. The number of amides is 1. The summed E-state index contributed by atoms with van der Waals surface area (Å²) in [5.74, 6) is -0.487. The molecule has 0 unspecified atom stereocenters. The molecule has 0 aromatic carbocycles. The van der Waals surface area contributed by atoms with Gasteiger partial charge in [0.1, 0.15) is 11.6 Å². The van der Waals surface area contributed by atoms with Gasteiger partial charge in [0.05, 0.1) is 23.0 Å². The summed E-state index contributed by atoms with van der Waals surface area (Å²) in [4.78, 5) is 20.1. The molecule has 7 heteroatoms. The van der Waals surface area contributed by atoms with Crippen LogP contribution in [0.25, 0.3) is 0 Å². The Balaban J connectivity index is 1.99. The van der Waals surface area contributed by atoms with E-state index in [0.29, 0.717) is 25.3 Å². The van der Waals surface area contributed by atoms with E-state index in [1.165, 1.54) is 17.4 Å². The summed E-state index contributed by atoms with van der Waals surface area (Å²) in [6.45, 7) is 2.94. The largest absolute Gasteiger partial charge is 0.370 e. The van der Waals surface area contributed by atoms with E-state index in [1.807, 2.05) is 12.3 Å². The molecule has 20 heavy (non-hydrogen) atoms. The number of aromatic nitrogens is 2. The van der Waals surface area contributed by atoms with Gasteiger partial charge in [0.25, 0.3) is 5.91 Å². The molecule has 5 nitrogen and oxygen atoms in total. The van der Waals surface area contributed by atoms with Crippen LogP contribution in [-0.4, -0.2) is 29.0 Å². The van der Waals surface area contributed by atoms with Crippen molar-refractivity contribution < 1.29 is 9.18 Å². The molecule has 106 valence electrons. The van der Waals surface area contributed by atoms with Crippen molar-refractivity contribution in [2.24, 2.45) is 0 Å². The third kappa shape index (κ3) is 3.74. The van der Waals surface area contributed by atoms with Gasteiger partial charge in [-0.3, -0.25) is 4.79 Å². The first-order valence-corrected chi connectivity index (χ1v) is 7.19. The van der Waals surface area contributed by atoms with E-state index in [2.05, 4.69) is 20.6 Å². The molecule has 2 rings (SSSR count). The van der Waals surface area contributed by atoms with Gasteiger partial charge in [-0.2, -0.15) is 0 Å². The molecule has 2 aromatic rings. The quantitative estimate of drug-likeness (QED) is 0.856. The maximum atomic E-state index is 13.2. The number of hydrogen-bond donors (Lipinski definition) is 2. The van der Waals surface area contributed by atoms with Crippen LogP contribution in [0.5, 0.6) is 0 Å². The molecular weight excluding hydrogens is 279 g/mol. The summed E-state index contributed by atoms with van der Waals surface area (Å²) in [5.41, 5.74) is 2.89. The average molecular weight is 294 g/mol. The number of anilines is 1. The predicted molar refractivity (Wildman–Crippen MR) is 76.5 cm³/mol. The minimum atomic E-state index is -0.531. The van der Waals surface area contributed by atoms with E-state index in [4.69, 9.17) is 0 Å². The van der Waals surface area contributed by atoms with Gasteiger partial charge >= 0.3 is 0 Å². The van der Waals surface area contributed by atoms with Crippen LogP contribution in [-0.2, 0) is 6.42 Å². The van der Waals surface area contributed by atoms with Crippen LogP contribution < -0.4 is 10.6 Å². The number of carbonyl (C=O) groups is 1. The molecule has 0 saturated heterocycles. The van der Waals surface area contributed by atoms with Crippen LogP contribution in [0.3, 0.4) is 0 Å². The lowest BCUT2D eigenvalue weighted by molar-refractivity contribution is 0.0954. The van der Waals surface area contributed by atoms with E-state index in [0.717, 1.165) is 11.9 Å². The van der Waals surface area contributed by atoms with E-state index >= 15 is 0 Å². The second kappa shape index (κ2) is 6.95. The van der Waals surface area contributed by atoms with Crippen LogP contribution in [0.1, 0.15) is 23.0 Å². The average Bonchev–Trinajstić information content (AvgIpc) is 2.94. The van der Waals surface area contributed by atoms with Gasteiger partial charge in [0.2, 0.25) is 0 Å². The molecule has 0 bridgehead atoms. The van der Waals surface area contributed by atoms with Crippen molar-refractivity contribution >= 4 is 23.1 Å². The van der Waals surface area contributed by atoms with Gasteiger partial charge < -0.3 is 10.6 Å². The number of thiazole rings is 1. The third-order valence-electron chi connectivity index (χ3n) is 2.59. The van der Waals surface area contributed by atoms with Crippen molar-refractivity contribution in [1.29, 1.82) is 0 Å². The Morgan fingerprint density at radius 2 is 2.30 bits per heavy atom. The SMILES string of the molecule is CCNc1ncc(F)cc1C(=O)NCCc1cscn1. The summed E-state index contributed by atoms with van der Waals surface area (Å²) in [5, 5.41) is 7.61. The molecular formula is C13H15FN4OS. The van der Waals surface area contributed by atoms with Gasteiger partial charge in [0.15, 0.2) is 0 Å². The molecule has 2 N–H and O–H groups in total. The summed E-state index contributed by atoms with van der Waals surface area (Å²) >= 11 is 1.51. The van der Waals surface area contributed by atoms with Gasteiger partial charge in [0, 0.05) is 24.9 Å². The zero-order valence-corrected chi connectivity index (χ0v) is 11.8. The second-order valence-electron chi connectivity index (χ2n) is 4.07. The summed E-state index contributed by atoms with van der Waals surface area (Å²) in [7, 11) is 0. The lowest BCUT2D eigenvalue weighted by atomic mass is 10.2. The number of halogens is 1. The standard InChI is InChI=1S/C13H15FN4OS/c1-2-15-12-11(5-9(14)6-17-12)13(19)16-4-3-10-7-20-8-18-10/h5-8H,2-4H2,1H3,(H,15,17)(H,16,19). The Morgan fingerprint density at radius 1 is 1.45 bits per heavy atom. The number of pyridine rings is 1. The topological polar surface area (TPSA) is 66.9 Å². The number of hydrogen-bond acceptors (Lipinski definition) is 5. The highest BCUT2D eigenvalue weighted by molar-refractivity contribution is 7.07. The maximum absolute atomic E-state index is 13.2. The van der Waals surface area contributed by atoms with E-state index in [-0.39, 0.29) is 11.5 Å². The highest BCUT2D eigenvalue weighted by Gasteiger charge is 2.13. The van der Waals surface area contributed by atoms with Crippen molar-refractivity contribution in [2.45, 2.75) is 13.3 Å². The minimum Gasteiger partial charge on any atom is -0.370 e. The minimum absolute atomic E-state index is 0.213. The molecule has 2 heterocycles. The molecule has 2 aromatic heterocycles. The molecule has 0 aliphatic rings. The molecule has 0 saturated carbocycles. The van der Waals surface area contributed by atoms with Gasteiger partial charge in [-0.15, -0.1) is 11.3 Å². The normalized spacial score (nSPS) is 10.3. The van der Waals surface area contributed by atoms with Gasteiger partial charge in [-0.25, -0.2) is 14.4 Å². The second-order valence-corrected chi connectivity index (χ2v) is 4.78. The summed E-state index contributed by atoms with van der Waals surface area (Å²) in [6.07, 6.45) is 1.73. The van der Waals surface area contributed by atoms with Crippen molar-refractivity contribution in [1.82, 2.24) is 15.3 Å². The van der Waals surface area contributed by atoms with Gasteiger partial charge in [-0.1, -0.05) is 0 Å². The highest BCUT2D eigenvalue weighted by atomic mass is 32.1. The van der Waals surface area contributed by atoms with Crippen molar-refractivity contribution in [2.75, 3.05) is 18.4 Å². The predicted octanol–water partition coefficient (Wildman–Crippen LogP) is 2.08. The molecule has 1 amide bonds. The van der Waals surface area contributed by atoms with E-state index in [9.17, 15) is 9.18 Å². The molecule has 0 atom stereocenters. The monoisotopic (exact) mass is 294 g/mol. The van der Waals surface area contributed by atoms with Crippen molar-refractivity contribution in [3.63, 3.8) is 0 Å². The lowest BCUT2D eigenvalue weighted by Crippen LogP contribution is -2.27. The Morgan fingerprint density at radius 3 is 3.00 bits per heavy atom. The van der Waals surface area contributed by atoms with Crippen LogP contribution in [0, 0.1) is 5.82 Å². The van der Waals surface area contributed by atoms with Crippen LogP contribution in [0.2, 0.25) is 0 Å². The molecule has 0 fully saturated rings. The first-order valence-electron chi connectivity index (χ1n) is 6.25. The zero-order chi connectivity index (χ0) is 14.4. The van der Waals surface area contributed by atoms with Crippen molar-refractivity contribution in [3.8, 4) is 0 Å². The number of carbonyl (C=O) groups excluding carboxylic acids is 1. The molecule has 0 aliphatic heterocycles. The molecule has 0 radical (unpaired) electrons.